The molecule has 0 bridgehead atoms. The molecule has 0 unspecified atom stereocenters. The molecule has 5 rings (SSSR count). The molecule has 1 atom stereocenters. The van der Waals surface area contributed by atoms with Gasteiger partial charge in [-0.25, -0.2) is 4.98 Å². The van der Waals surface area contributed by atoms with Crippen LogP contribution < -0.4 is 0 Å². The van der Waals surface area contributed by atoms with E-state index in [0.29, 0.717) is 35.6 Å². The number of halogens is 4. The van der Waals surface area contributed by atoms with Crippen LogP contribution in [0.2, 0.25) is 5.02 Å². The highest BCUT2D eigenvalue weighted by atomic mass is 35.5. The van der Waals surface area contributed by atoms with Crippen LogP contribution in [0.3, 0.4) is 0 Å². The van der Waals surface area contributed by atoms with E-state index in [1.165, 1.54) is 23.3 Å². The van der Waals surface area contributed by atoms with Crippen LogP contribution in [0.1, 0.15) is 47.1 Å². The number of alkyl halides is 3. The van der Waals surface area contributed by atoms with Crippen molar-refractivity contribution in [1.29, 1.82) is 0 Å². The summed E-state index contributed by atoms with van der Waals surface area (Å²) in [5, 5.41) is 7.93. The first-order valence-corrected chi connectivity index (χ1v) is 11.0. The average molecular weight is 489 g/mol. The van der Waals surface area contributed by atoms with Crippen molar-refractivity contribution in [3.8, 4) is 5.69 Å². The average Bonchev–Trinajstić information content (AvgIpc) is 3.51. The maximum Gasteiger partial charge on any atom is 0.417 e. The summed E-state index contributed by atoms with van der Waals surface area (Å²) in [6.45, 7) is 4.25. The SMILES string of the molecule is Cc1ccc(C(=O)N2CCC[C@@]2(C)c2nc3cc(C(F)(F)F)c(Cl)cc3[nH]2)c(-n2nccn2)c1. The number of imidazole rings is 1. The van der Waals surface area contributed by atoms with Crippen molar-refractivity contribution in [1.82, 2.24) is 29.9 Å². The Morgan fingerprint density at radius 1 is 1.18 bits per heavy atom. The third kappa shape index (κ3) is 3.62. The molecule has 0 radical (unpaired) electrons. The Hall–Kier alpha value is -3.40. The topological polar surface area (TPSA) is 79.7 Å². The molecule has 176 valence electrons. The zero-order valence-corrected chi connectivity index (χ0v) is 19.1. The minimum atomic E-state index is -4.59. The Kier molecular flexibility index (Phi) is 5.16. The largest absolute Gasteiger partial charge is 0.417 e. The second-order valence-electron chi connectivity index (χ2n) is 8.61. The van der Waals surface area contributed by atoms with Gasteiger partial charge in [0.15, 0.2) is 0 Å². The number of rotatable bonds is 3. The van der Waals surface area contributed by atoms with Gasteiger partial charge in [-0.05, 0) is 56.5 Å². The number of benzene rings is 2. The normalized spacial score (nSPS) is 18.7. The number of aryl methyl sites for hydroxylation is 1. The number of aromatic amines is 1. The van der Waals surface area contributed by atoms with Crippen molar-refractivity contribution in [2.24, 2.45) is 0 Å². The molecule has 0 aliphatic carbocycles. The van der Waals surface area contributed by atoms with E-state index in [2.05, 4.69) is 20.2 Å². The fourth-order valence-corrected chi connectivity index (χ4v) is 4.78. The monoisotopic (exact) mass is 488 g/mol. The first-order valence-electron chi connectivity index (χ1n) is 10.6. The molecule has 1 amide bonds. The predicted octanol–water partition coefficient (Wildman–Crippen LogP) is 5.28. The van der Waals surface area contributed by atoms with Crippen LogP contribution in [0.25, 0.3) is 16.7 Å². The van der Waals surface area contributed by atoms with Gasteiger partial charge in [0.25, 0.3) is 5.91 Å². The molecule has 0 saturated carbocycles. The van der Waals surface area contributed by atoms with Crippen molar-refractivity contribution in [2.75, 3.05) is 6.54 Å². The van der Waals surface area contributed by atoms with Crippen LogP contribution in [0.5, 0.6) is 0 Å². The molecule has 1 N–H and O–H groups in total. The van der Waals surface area contributed by atoms with Crippen LogP contribution in [0.4, 0.5) is 13.2 Å². The second kappa shape index (κ2) is 7.83. The summed E-state index contributed by atoms with van der Waals surface area (Å²) in [6.07, 6.45) is -0.211. The van der Waals surface area contributed by atoms with Crippen molar-refractivity contribution < 1.29 is 18.0 Å². The number of hydrogen-bond donors (Lipinski definition) is 1. The lowest BCUT2D eigenvalue weighted by atomic mass is 9.96. The van der Waals surface area contributed by atoms with Gasteiger partial charge in [-0.1, -0.05) is 17.7 Å². The molecule has 4 aromatic rings. The van der Waals surface area contributed by atoms with E-state index in [9.17, 15) is 18.0 Å². The molecule has 1 aliphatic heterocycles. The second-order valence-corrected chi connectivity index (χ2v) is 9.01. The molecule has 7 nitrogen and oxygen atoms in total. The third-order valence-electron chi connectivity index (χ3n) is 6.29. The van der Waals surface area contributed by atoms with Gasteiger partial charge >= 0.3 is 6.18 Å². The van der Waals surface area contributed by atoms with Gasteiger partial charge in [-0.15, -0.1) is 0 Å². The van der Waals surface area contributed by atoms with Crippen molar-refractivity contribution >= 4 is 28.5 Å². The van der Waals surface area contributed by atoms with Crippen LogP contribution >= 0.6 is 11.6 Å². The minimum absolute atomic E-state index is 0.143. The highest BCUT2D eigenvalue weighted by Gasteiger charge is 2.44. The Labute approximate surface area is 197 Å². The summed E-state index contributed by atoms with van der Waals surface area (Å²) in [6, 6.07) is 7.58. The number of H-pyrrole nitrogens is 1. The molecule has 11 heteroatoms. The minimum Gasteiger partial charge on any atom is -0.340 e. The van der Waals surface area contributed by atoms with Crippen LogP contribution in [0.15, 0.2) is 42.7 Å². The maximum absolute atomic E-state index is 13.8. The molecule has 2 aromatic carbocycles. The molecule has 1 saturated heterocycles. The molecular formula is C23H20ClF3N6O. The van der Waals surface area contributed by atoms with Gasteiger partial charge in [0.1, 0.15) is 5.82 Å². The van der Waals surface area contributed by atoms with Gasteiger partial charge < -0.3 is 9.88 Å². The van der Waals surface area contributed by atoms with Gasteiger partial charge in [-0.3, -0.25) is 4.79 Å². The van der Waals surface area contributed by atoms with Crippen LogP contribution in [-0.2, 0) is 11.7 Å². The number of nitrogens with one attached hydrogen (secondary N) is 1. The number of hydrogen-bond acceptors (Lipinski definition) is 4. The highest BCUT2D eigenvalue weighted by Crippen LogP contribution is 2.41. The Morgan fingerprint density at radius 3 is 2.62 bits per heavy atom. The van der Waals surface area contributed by atoms with Crippen molar-refractivity contribution in [2.45, 2.75) is 38.4 Å². The smallest absolute Gasteiger partial charge is 0.340 e. The van der Waals surface area contributed by atoms with E-state index in [-0.39, 0.29) is 11.4 Å². The summed E-state index contributed by atoms with van der Waals surface area (Å²) < 4.78 is 39.9. The molecule has 34 heavy (non-hydrogen) atoms. The number of aromatic nitrogens is 5. The summed E-state index contributed by atoms with van der Waals surface area (Å²) in [5.41, 5.74) is 0.654. The maximum atomic E-state index is 13.8. The van der Waals surface area contributed by atoms with Gasteiger partial charge in [0, 0.05) is 6.54 Å². The van der Waals surface area contributed by atoms with E-state index in [4.69, 9.17) is 11.6 Å². The van der Waals surface area contributed by atoms with E-state index < -0.39 is 22.3 Å². The molecule has 1 aliphatic rings. The fourth-order valence-electron chi connectivity index (χ4n) is 4.51. The highest BCUT2D eigenvalue weighted by molar-refractivity contribution is 6.32. The first kappa shape index (κ1) is 22.4. The quantitative estimate of drug-likeness (QED) is 0.426. The molecule has 3 heterocycles. The summed E-state index contributed by atoms with van der Waals surface area (Å²) in [5.74, 6) is 0.177. The Morgan fingerprint density at radius 2 is 1.91 bits per heavy atom. The van der Waals surface area contributed by atoms with E-state index in [0.717, 1.165) is 18.1 Å². The number of carbonyl (C=O) groups excluding carboxylic acids is 1. The lowest BCUT2D eigenvalue weighted by molar-refractivity contribution is -0.137. The summed E-state index contributed by atoms with van der Waals surface area (Å²) in [4.78, 5) is 24.4. The Balaban J connectivity index is 1.57. The van der Waals surface area contributed by atoms with Gasteiger partial charge in [0.05, 0.1) is 50.8 Å². The van der Waals surface area contributed by atoms with Crippen LogP contribution in [-0.4, -0.2) is 42.3 Å². The Bertz CT molecular complexity index is 1400. The zero-order chi connectivity index (χ0) is 24.3. The molecule has 2 aromatic heterocycles. The van der Waals surface area contributed by atoms with E-state index in [1.807, 2.05) is 26.0 Å². The summed E-state index contributed by atoms with van der Waals surface area (Å²) >= 11 is 5.88. The van der Waals surface area contributed by atoms with Crippen molar-refractivity contribution in [3.05, 3.63) is 70.3 Å². The van der Waals surface area contributed by atoms with E-state index >= 15 is 0 Å². The van der Waals surface area contributed by atoms with Gasteiger partial charge in [0.2, 0.25) is 0 Å². The molecule has 1 fully saturated rings. The summed E-state index contributed by atoms with van der Waals surface area (Å²) in [7, 11) is 0. The van der Waals surface area contributed by atoms with E-state index in [1.54, 1.807) is 11.0 Å². The number of likely N-dealkylation sites (tertiary alicyclic amines) is 1. The third-order valence-corrected chi connectivity index (χ3v) is 6.60. The van der Waals surface area contributed by atoms with Crippen molar-refractivity contribution in [3.63, 3.8) is 0 Å². The fraction of sp³-hybridized carbons (Fsp3) is 0.304. The first-order chi connectivity index (χ1) is 16.1. The van der Waals surface area contributed by atoms with Gasteiger partial charge in [-0.2, -0.15) is 28.2 Å². The van der Waals surface area contributed by atoms with Crippen LogP contribution in [0, 0.1) is 6.92 Å². The predicted molar refractivity (Wildman–Crippen MR) is 120 cm³/mol. The number of amides is 1. The number of carbonyl (C=O) groups is 1. The molecular weight excluding hydrogens is 469 g/mol. The standard InChI is InChI=1S/C23H20ClF3N6O/c1-13-4-5-14(19(10-13)33-28-7-8-29-33)20(34)32-9-3-6-22(32,2)21-30-17-11-15(23(25,26)27)16(24)12-18(17)31-21/h4-5,7-8,10-12H,3,6,9H2,1-2H3,(H,30,31)/t22-/m0/s1. The number of fused-ring (bicyclic) bond motifs is 1. The zero-order valence-electron chi connectivity index (χ0n) is 18.3. The number of nitrogens with zero attached hydrogens (tertiary/aromatic N) is 5. The lowest BCUT2D eigenvalue weighted by Gasteiger charge is -2.34. The lowest BCUT2D eigenvalue weighted by Crippen LogP contribution is -2.44. The molecule has 0 spiro atoms.